The number of ketones is 2. The van der Waals surface area contributed by atoms with E-state index in [1.54, 1.807) is 30.3 Å². The molecule has 1 spiro atoms. The van der Waals surface area contributed by atoms with E-state index in [2.05, 4.69) is 21.2 Å². The van der Waals surface area contributed by atoms with Gasteiger partial charge < -0.3 is 19.7 Å². The number of nitrogens with zero attached hydrogens (tertiary/aromatic N) is 1. The molecule has 1 amide bonds. The highest BCUT2D eigenvalue weighted by Gasteiger charge is 2.70. The number of fused-ring (bicyclic) bond motifs is 7. The lowest BCUT2D eigenvalue weighted by molar-refractivity contribution is -0.121. The van der Waals surface area contributed by atoms with Crippen LogP contribution in [0.15, 0.2) is 102 Å². The van der Waals surface area contributed by atoms with E-state index in [4.69, 9.17) is 9.47 Å². The summed E-state index contributed by atoms with van der Waals surface area (Å²) in [4.78, 5) is 46.1. The molecule has 0 unspecified atom stereocenters. The topological polar surface area (TPSA) is 84.9 Å². The van der Waals surface area contributed by atoms with Crippen molar-refractivity contribution in [2.75, 3.05) is 17.0 Å². The Hall–Kier alpha value is -4.69. The summed E-state index contributed by atoms with van der Waals surface area (Å²) in [5, 5.41) is 3.06. The van der Waals surface area contributed by atoms with Gasteiger partial charge in [0.2, 0.25) is 12.7 Å². The Morgan fingerprint density at radius 2 is 1.60 bits per heavy atom. The Labute approximate surface area is 249 Å². The maximum Gasteiger partial charge on any atom is 0.238 e. The first-order valence-corrected chi connectivity index (χ1v) is 14.5. The third kappa shape index (κ3) is 3.35. The summed E-state index contributed by atoms with van der Waals surface area (Å²) >= 11 is 3.46. The zero-order valence-corrected chi connectivity index (χ0v) is 23.7. The molecular weight excluding hydrogens is 596 g/mol. The van der Waals surface area contributed by atoms with Gasteiger partial charge in [-0.3, -0.25) is 14.4 Å². The number of rotatable bonds is 4. The minimum atomic E-state index is -1.37. The number of amides is 1. The van der Waals surface area contributed by atoms with Gasteiger partial charge in [0, 0.05) is 27.0 Å². The zero-order valence-electron chi connectivity index (χ0n) is 22.1. The van der Waals surface area contributed by atoms with Crippen LogP contribution in [0.5, 0.6) is 11.5 Å². The summed E-state index contributed by atoms with van der Waals surface area (Å²) in [6, 6.07) is 25.9. The molecule has 0 saturated carbocycles. The Bertz CT molecular complexity index is 1850. The molecule has 0 bridgehead atoms. The molecule has 4 aromatic carbocycles. The van der Waals surface area contributed by atoms with E-state index in [9.17, 15) is 14.4 Å². The molecule has 4 heterocycles. The average molecular weight is 619 g/mol. The van der Waals surface area contributed by atoms with Crippen LogP contribution in [0.1, 0.15) is 31.8 Å². The lowest BCUT2D eigenvalue weighted by atomic mass is 9.64. The first-order valence-electron chi connectivity index (χ1n) is 13.7. The fraction of sp³-hybridized carbons (Fsp3) is 0.147. The molecule has 4 aliphatic rings. The van der Waals surface area contributed by atoms with Crippen molar-refractivity contribution in [3.8, 4) is 11.5 Å². The van der Waals surface area contributed by atoms with E-state index in [0.717, 1.165) is 15.7 Å². The van der Waals surface area contributed by atoms with Gasteiger partial charge in [0.15, 0.2) is 23.1 Å². The van der Waals surface area contributed by atoms with Crippen LogP contribution in [0.25, 0.3) is 6.08 Å². The van der Waals surface area contributed by atoms with Gasteiger partial charge >= 0.3 is 0 Å². The number of benzene rings is 4. The second kappa shape index (κ2) is 9.16. The van der Waals surface area contributed by atoms with Gasteiger partial charge in [0.25, 0.3) is 0 Å². The average Bonchev–Trinajstić information content (AvgIpc) is 3.70. The molecule has 4 aromatic rings. The number of anilines is 2. The van der Waals surface area contributed by atoms with Gasteiger partial charge in [-0.25, -0.2) is 0 Å². The highest BCUT2D eigenvalue weighted by Crippen LogP contribution is 2.58. The second-order valence-electron chi connectivity index (χ2n) is 10.9. The van der Waals surface area contributed by atoms with Gasteiger partial charge in [-0.2, -0.15) is 0 Å². The molecule has 8 rings (SSSR count). The number of halogens is 1. The molecule has 4 aliphatic heterocycles. The fourth-order valence-corrected chi connectivity index (χ4v) is 7.40. The normalized spacial score (nSPS) is 24.3. The molecule has 42 heavy (non-hydrogen) atoms. The predicted octanol–water partition coefficient (Wildman–Crippen LogP) is 6.03. The molecule has 0 aromatic heterocycles. The van der Waals surface area contributed by atoms with Crippen LogP contribution in [0.3, 0.4) is 0 Å². The number of hydrogen-bond acceptors (Lipinski definition) is 6. The number of hydrogen-bond donors (Lipinski definition) is 1. The van der Waals surface area contributed by atoms with Gasteiger partial charge in [0.05, 0.1) is 12.0 Å². The van der Waals surface area contributed by atoms with Crippen LogP contribution < -0.4 is 19.7 Å². The summed E-state index contributed by atoms with van der Waals surface area (Å²) in [6.45, 7) is 0.0677. The van der Waals surface area contributed by atoms with E-state index in [1.165, 1.54) is 0 Å². The van der Waals surface area contributed by atoms with Crippen molar-refractivity contribution in [2.45, 2.75) is 17.5 Å². The highest BCUT2D eigenvalue weighted by atomic mass is 79.9. The van der Waals surface area contributed by atoms with Crippen LogP contribution in [0, 0.1) is 5.92 Å². The molecule has 1 fully saturated rings. The molecule has 8 heteroatoms. The third-order valence-electron chi connectivity index (χ3n) is 8.88. The maximum absolute atomic E-state index is 14.9. The van der Waals surface area contributed by atoms with Gasteiger partial charge in [-0.1, -0.05) is 76.6 Å². The minimum absolute atomic E-state index is 0.0677. The lowest BCUT2D eigenvalue weighted by Gasteiger charge is -2.37. The fourth-order valence-electron chi connectivity index (χ4n) is 7.13. The largest absolute Gasteiger partial charge is 0.454 e. The smallest absolute Gasteiger partial charge is 0.238 e. The van der Waals surface area contributed by atoms with E-state index in [-0.39, 0.29) is 24.3 Å². The van der Waals surface area contributed by atoms with Crippen LogP contribution >= 0.6 is 15.9 Å². The van der Waals surface area contributed by atoms with Crippen molar-refractivity contribution in [1.82, 2.24) is 0 Å². The van der Waals surface area contributed by atoms with Gasteiger partial charge in [0.1, 0.15) is 11.5 Å². The molecule has 1 N–H and O–H groups in total. The summed E-state index contributed by atoms with van der Waals surface area (Å²) < 4.78 is 11.9. The SMILES string of the molecule is O=C(c1ccc(Br)cc1)[C@@H]1[C@H](C(=O)c2ccc3c(c2)OCO3)[C@]2(C(=O)Nc3ccccc32)[C@@H]2C=Cc3ccccc3N12. The molecule has 4 atom stereocenters. The zero-order chi connectivity index (χ0) is 28.6. The van der Waals surface area contributed by atoms with Crippen molar-refractivity contribution in [3.05, 3.63) is 124 Å². The lowest BCUT2D eigenvalue weighted by Crippen LogP contribution is -2.51. The third-order valence-corrected chi connectivity index (χ3v) is 9.41. The summed E-state index contributed by atoms with van der Waals surface area (Å²) in [7, 11) is 0. The summed E-state index contributed by atoms with van der Waals surface area (Å²) in [6.07, 6.45) is 3.96. The van der Waals surface area contributed by atoms with Gasteiger partial charge in [-0.05, 0) is 53.6 Å². The molecule has 7 nitrogen and oxygen atoms in total. The van der Waals surface area contributed by atoms with Crippen LogP contribution in [-0.4, -0.2) is 36.4 Å². The Kier molecular flexibility index (Phi) is 5.46. The van der Waals surface area contributed by atoms with Crippen molar-refractivity contribution < 1.29 is 23.9 Å². The molecule has 0 radical (unpaired) electrons. The number of carbonyl (C=O) groups excluding carboxylic acids is 3. The monoisotopic (exact) mass is 618 g/mol. The van der Waals surface area contributed by atoms with Crippen LogP contribution in [0.2, 0.25) is 0 Å². The number of Topliss-reactive ketones (excluding diaryl/α,β-unsaturated/α-hetero) is 2. The highest BCUT2D eigenvalue weighted by molar-refractivity contribution is 9.10. The number of nitrogens with one attached hydrogen (secondary N) is 1. The van der Waals surface area contributed by atoms with Crippen molar-refractivity contribution >= 4 is 50.9 Å². The molecule has 0 aliphatic carbocycles. The quantitative estimate of drug-likeness (QED) is 0.281. The Morgan fingerprint density at radius 3 is 2.45 bits per heavy atom. The first-order chi connectivity index (χ1) is 20.5. The Morgan fingerprint density at radius 1 is 0.857 bits per heavy atom. The maximum atomic E-state index is 14.9. The van der Waals surface area contributed by atoms with Gasteiger partial charge in [-0.15, -0.1) is 0 Å². The number of ether oxygens (including phenoxy) is 2. The number of carbonyl (C=O) groups is 3. The minimum Gasteiger partial charge on any atom is -0.454 e. The Balaban J connectivity index is 1.41. The van der Waals surface area contributed by atoms with Crippen LogP contribution in [0.4, 0.5) is 11.4 Å². The van der Waals surface area contributed by atoms with E-state index >= 15 is 0 Å². The second-order valence-corrected chi connectivity index (χ2v) is 11.8. The standard InChI is InChI=1S/C34H23BrN2O5/c35-22-13-9-20(10-14-22)32(39)30-29(31(38)21-11-15-26-27(17-21)42-18-41-26)34(23-6-2-3-7-24(23)36-33(34)40)28-16-12-19-5-1-4-8-25(19)37(28)30/h1-17,28-30H,18H2,(H,36,40)/t28-,29+,30-,34+/m0/s1. The summed E-state index contributed by atoms with van der Waals surface area (Å²) in [5.41, 5.74) is 2.52. The van der Waals surface area contributed by atoms with E-state index in [0.29, 0.717) is 33.9 Å². The van der Waals surface area contributed by atoms with E-state index < -0.39 is 23.4 Å². The molecular formula is C34H23BrN2O5. The number of para-hydroxylation sites is 2. The summed E-state index contributed by atoms with van der Waals surface area (Å²) in [5.74, 6) is -0.885. The first kappa shape index (κ1) is 25.1. The van der Waals surface area contributed by atoms with Crippen molar-refractivity contribution in [2.24, 2.45) is 5.92 Å². The van der Waals surface area contributed by atoms with E-state index in [1.807, 2.05) is 77.7 Å². The molecule has 206 valence electrons. The van der Waals surface area contributed by atoms with Crippen molar-refractivity contribution in [1.29, 1.82) is 0 Å². The predicted molar refractivity (Wildman–Crippen MR) is 161 cm³/mol. The van der Waals surface area contributed by atoms with Crippen molar-refractivity contribution in [3.63, 3.8) is 0 Å². The molecule has 1 saturated heterocycles. The van der Waals surface area contributed by atoms with Crippen LogP contribution in [-0.2, 0) is 10.2 Å².